The van der Waals surface area contributed by atoms with E-state index in [9.17, 15) is 9.50 Å². The van der Waals surface area contributed by atoms with Gasteiger partial charge in [0.2, 0.25) is 0 Å². The van der Waals surface area contributed by atoms with Gasteiger partial charge in [-0.05, 0) is 23.8 Å². The fourth-order valence-corrected chi connectivity index (χ4v) is 1.94. The number of aromatic nitrogens is 1. The lowest BCUT2D eigenvalue weighted by Gasteiger charge is -2.06. The standard InChI is InChI=1S/C12H11FN4O.C3H8/c13-11-10(18)4-7(5-15-11)6-1-2-9-8(3-6)12(14)17-16-9;1-3-2/h1-5,12,16-18H,14H2;3H2,1-2H3. The number of anilines is 1. The van der Waals surface area contributed by atoms with Gasteiger partial charge in [0, 0.05) is 17.3 Å². The maximum Gasteiger partial charge on any atom is 0.255 e. The van der Waals surface area contributed by atoms with Gasteiger partial charge >= 0.3 is 0 Å². The van der Waals surface area contributed by atoms with Gasteiger partial charge in [0.1, 0.15) is 6.17 Å². The number of hydrogen-bond donors (Lipinski definition) is 4. The van der Waals surface area contributed by atoms with E-state index in [1.165, 1.54) is 18.7 Å². The highest BCUT2D eigenvalue weighted by molar-refractivity contribution is 5.70. The monoisotopic (exact) mass is 290 g/mol. The summed E-state index contributed by atoms with van der Waals surface area (Å²) < 4.78 is 12.9. The van der Waals surface area contributed by atoms with Crippen molar-refractivity contribution in [2.75, 3.05) is 5.43 Å². The molecule has 0 saturated carbocycles. The molecule has 21 heavy (non-hydrogen) atoms. The van der Waals surface area contributed by atoms with Gasteiger partial charge in [-0.2, -0.15) is 4.39 Å². The minimum Gasteiger partial charge on any atom is -0.504 e. The van der Waals surface area contributed by atoms with Crippen LogP contribution in [0.25, 0.3) is 11.1 Å². The van der Waals surface area contributed by atoms with Gasteiger partial charge in [-0.3, -0.25) is 0 Å². The molecular formula is C15H19FN4O. The highest BCUT2D eigenvalue weighted by Crippen LogP contribution is 2.31. The van der Waals surface area contributed by atoms with E-state index in [-0.39, 0.29) is 6.17 Å². The summed E-state index contributed by atoms with van der Waals surface area (Å²) in [6.07, 6.45) is 2.33. The van der Waals surface area contributed by atoms with Crippen LogP contribution in [0.1, 0.15) is 32.0 Å². The molecule has 0 fully saturated rings. The second-order valence-electron chi connectivity index (χ2n) is 4.79. The molecule has 112 valence electrons. The minimum absolute atomic E-state index is 0.290. The molecule has 0 radical (unpaired) electrons. The number of aromatic hydroxyl groups is 1. The lowest BCUT2D eigenvalue weighted by atomic mass is 10.0. The average Bonchev–Trinajstić information content (AvgIpc) is 2.84. The Bertz CT molecular complexity index is 633. The Balaban J connectivity index is 0.000000497. The van der Waals surface area contributed by atoms with E-state index in [0.717, 1.165) is 16.8 Å². The molecule has 1 aromatic carbocycles. The molecule has 1 aliphatic rings. The molecule has 1 unspecified atom stereocenters. The Hall–Kier alpha value is -2.18. The van der Waals surface area contributed by atoms with Gasteiger partial charge < -0.3 is 16.3 Å². The third-order valence-electron chi connectivity index (χ3n) is 2.90. The molecule has 0 aliphatic carbocycles. The summed E-state index contributed by atoms with van der Waals surface area (Å²) in [5, 5.41) is 9.32. The highest BCUT2D eigenvalue weighted by atomic mass is 19.1. The number of benzene rings is 1. The number of hydrogen-bond acceptors (Lipinski definition) is 5. The second-order valence-corrected chi connectivity index (χ2v) is 4.79. The predicted octanol–water partition coefficient (Wildman–Crippen LogP) is 2.90. The molecule has 1 aromatic heterocycles. The number of pyridine rings is 1. The third-order valence-corrected chi connectivity index (χ3v) is 2.90. The number of nitrogens with zero attached hydrogens (tertiary/aromatic N) is 1. The Morgan fingerprint density at radius 3 is 2.67 bits per heavy atom. The van der Waals surface area contributed by atoms with Crippen LogP contribution in [0.2, 0.25) is 0 Å². The first-order valence-electron chi connectivity index (χ1n) is 6.82. The van der Waals surface area contributed by atoms with Gasteiger partial charge in [0.15, 0.2) is 5.75 Å². The van der Waals surface area contributed by atoms with Crippen LogP contribution in [-0.2, 0) is 0 Å². The minimum atomic E-state index is -0.875. The Morgan fingerprint density at radius 2 is 2.00 bits per heavy atom. The van der Waals surface area contributed by atoms with Crippen LogP contribution < -0.4 is 16.6 Å². The van der Waals surface area contributed by atoms with E-state index in [1.807, 2.05) is 18.2 Å². The fourth-order valence-electron chi connectivity index (χ4n) is 1.94. The van der Waals surface area contributed by atoms with Crippen molar-refractivity contribution in [3.8, 4) is 16.9 Å². The first-order valence-corrected chi connectivity index (χ1v) is 6.82. The summed E-state index contributed by atoms with van der Waals surface area (Å²) in [5.74, 6) is -1.34. The molecule has 0 spiro atoms. The average molecular weight is 290 g/mol. The molecule has 2 aromatic rings. The molecule has 2 heterocycles. The first-order chi connectivity index (χ1) is 10.1. The van der Waals surface area contributed by atoms with E-state index in [4.69, 9.17) is 5.73 Å². The zero-order chi connectivity index (χ0) is 15.4. The molecule has 0 bridgehead atoms. The number of nitrogens with one attached hydrogen (secondary N) is 2. The molecule has 5 N–H and O–H groups in total. The lowest BCUT2D eigenvalue weighted by Crippen LogP contribution is -2.25. The van der Waals surface area contributed by atoms with Crippen LogP contribution in [0.3, 0.4) is 0 Å². The second kappa shape index (κ2) is 6.51. The van der Waals surface area contributed by atoms with Crippen LogP contribution in [0.15, 0.2) is 30.5 Å². The van der Waals surface area contributed by atoms with Gasteiger partial charge in [0.05, 0.1) is 5.69 Å². The molecule has 3 rings (SSSR count). The topological polar surface area (TPSA) is 83.2 Å². The highest BCUT2D eigenvalue weighted by Gasteiger charge is 2.18. The van der Waals surface area contributed by atoms with Crippen molar-refractivity contribution in [1.29, 1.82) is 0 Å². The van der Waals surface area contributed by atoms with E-state index in [0.29, 0.717) is 5.56 Å². The Kier molecular flexibility index (Phi) is 4.72. The molecule has 0 saturated heterocycles. The zero-order valence-electron chi connectivity index (χ0n) is 12.0. The van der Waals surface area contributed by atoms with Crippen molar-refractivity contribution in [3.63, 3.8) is 0 Å². The van der Waals surface area contributed by atoms with E-state index in [2.05, 4.69) is 29.7 Å². The van der Waals surface area contributed by atoms with E-state index in [1.54, 1.807) is 0 Å². The largest absolute Gasteiger partial charge is 0.504 e. The molecule has 6 heteroatoms. The van der Waals surface area contributed by atoms with Crippen molar-refractivity contribution in [2.24, 2.45) is 5.73 Å². The van der Waals surface area contributed by atoms with Crippen LogP contribution >= 0.6 is 0 Å². The van der Waals surface area contributed by atoms with Gasteiger partial charge in [-0.15, -0.1) is 0 Å². The van der Waals surface area contributed by atoms with Crippen molar-refractivity contribution in [2.45, 2.75) is 26.4 Å². The quantitative estimate of drug-likeness (QED) is 0.607. The molecular weight excluding hydrogens is 271 g/mol. The van der Waals surface area contributed by atoms with E-state index < -0.39 is 11.7 Å². The summed E-state index contributed by atoms with van der Waals surface area (Å²) >= 11 is 0. The number of rotatable bonds is 1. The van der Waals surface area contributed by atoms with Crippen LogP contribution in [0.4, 0.5) is 10.1 Å². The SMILES string of the molecule is CCC.NC1NNc2ccc(-c3cnc(F)c(O)c3)cc21. The summed E-state index contributed by atoms with van der Waals surface area (Å²) in [5.41, 5.74) is 15.0. The van der Waals surface area contributed by atoms with Gasteiger partial charge in [-0.25, -0.2) is 10.4 Å². The predicted molar refractivity (Wildman–Crippen MR) is 80.9 cm³/mol. The van der Waals surface area contributed by atoms with E-state index >= 15 is 0 Å². The summed E-state index contributed by atoms with van der Waals surface area (Å²) in [6.45, 7) is 4.25. The number of fused-ring (bicyclic) bond motifs is 1. The lowest BCUT2D eigenvalue weighted by molar-refractivity contribution is 0.419. The van der Waals surface area contributed by atoms with Crippen LogP contribution in [-0.4, -0.2) is 10.1 Å². The number of hydrazine groups is 1. The Labute approximate surface area is 123 Å². The normalized spacial score (nSPS) is 15.7. The fraction of sp³-hybridized carbons (Fsp3) is 0.267. The van der Waals surface area contributed by atoms with Crippen molar-refractivity contribution in [3.05, 3.63) is 42.0 Å². The maximum absolute atomic E-state index is 12.9. The smallest absolute Gasteiger partial charge is 0.255 e. The Morgan fingerprint density at radius 1 is 1.29 bits per heavy atom. The van der Waals surface area contributed by atoms with Crippen LogP contribution in [0.5, 0.6) is 5.75 Å². The summed E-state index contributed by atoms with van der Waals surface area (Å²) in [4.78, 5) is 3.49. The molecule has 0 amide bonds. The van der Waals surface area contributed by atoms with Crippen molar-refractivity contribution >= 4 is 5.69 Å². The molecule has 1 aliphatic heterocycles. The molecule has 5 nitrogen and oxygen atoms in total. The third kappa shape index (κ3) is 3.29. The number of nitrogens with two attached hydrogens (primary N) is 1. The number of halogens is 1. The first kappa shape index (κ1) is 15.2. The van der Waals surface area contributed by atoms with Gasteiger partial charge in [-0.1, -0.05) is 26.3 Å². The van der Waals surface area contributed by atoms with Crippen molar-refractivity contribution in [1.82, 2.24) is 10.4 Å². The molecule has 1 atom stereocenters. The maximum atomic E-state index is 12.9. The van der Waals surface area contributed by atoms with Crippen LogP contribution in [0, 0.1) is 5.95 Å². The summed E-state index contributed by atoms with van der Waals surface area (Å²) in [6, 6.07) is 6.93. The van der Waals surface area contributed by atoms with Gasteiger partial charge in [0.25, 0.3) is 5.95 Å². The zero-order valence-corrected chi connectivity index (χ0v) is 12.0. The summed E-state index contributed by atoms with van der Waals surface area (Å²) in [7, 11) is 0. The van der Waals surface area contributed by atoms with Crippen molar-refractivity contribution < 1.29 is 9.50 Å².